The van der Waals surface area contributed by atoms with Crippen molar-refractivity contribution in [1.29, 1.82) is 0 Å². The summed E-state index contributed by atoms with van der Waals surface area (Å²) in [5, 5.41) is 52.4. The molecule has 1 aromatic heterocycles. The summed E-state index contributed by atoms with van der Waals surface area (Å²) in [6.07, 6.45) is 13.5. The summed E-state index contributed by atoms with van der Waals surface area (Å²) in [5.41, 5.74) is -0.581. The number of nitrogens with zero attached hydrogens (tertiary/aromatic N) is 1. The second-order valence-electron chi connectivity index (χ2n) is 11.0. The molecular weight excluding hydrogens is 458 g/mol. The van der Waals surface area contributed by atoms with E-state index in [9.17, 15) is 30.3 Å². The van der Waals surface area contributed by atoms with Gasteiger partial charge in [-0.2, -0.15) is 6.20 Å². The fourth-order valence-electron chi connectivity index (χ4n) is 5.84. The molecule has 2 rings (SSSR count). The van der Waals surface area contributed by atoms with Crippen LogP contribution in [0.5, 0.6) is 0 Å². The summed E-state index contributed by atoms with van der Waals surface area (Å²) >= 11 is 0. The first kappa shape index (κ1) is 30.8. The first-order chi connectivity index (χ1) is 17.3. The zero-order valence-corrected chi connectivity index (χ0v) is 22.2. The molecule has 0 saturated heterocycles. The number of carboxylic acids is 1. The van der Waals surface area contributed by atoms with Gasteiger partial charge in [-0.25, -0.2) is 0 Å². The van der Waals surface area contributed by atoms with Gasteiger partial charge in [-0.05, 0) is 44.9 Å². The van der Waals surface area contributed by atoms with E-state index in [0.29, 0.717) is 25.0 Å². The van der Waals surface area contributed by atoms with E-state index in [4.69, 9.17) is 0 Å². The van der Waals surface area contributed by atoms with Crippen LogP contribution in [0.4, 0.5) is 0 Å². The van der Waals surface area contributed by atoms with Crippen LogP contribution in [0.25, 0.3) is 0 Å². The number of aliphatic hydroxyl groups is 4. The number of rotatable bonds is 20. The highest BCUT2D eigenvalue weighted by molar-refractivity contribution is 5.70. The van der Waals surface area contributed by atoms with Crippen LogP contribution in [0.1, 0.15) is 128 Å². The lowest BCUT2D eigenvalue weighted by molar-refractivity contribution is -0.147. The third-order valence-electron chi connectivity index (χ3n) is 8.17. The minimum atomic E-state index is -1.13. The van der Waals surface area contributed by atoms with E-state index in [1.54, 1.807) is 18.3 Å². The van der Waals surface area contributed by atoms with E-state index >= 15 is 0 Å². The van der Waals surface area contributed by atoms with Gasteiger partial charge < -0.3 is 30.5 Å². The zero-order chi connectivity index (χ0) is 26.4. The number of hydrogen-bond donors (Lipinski definition) is 5. The Hall–Kier alpha value is -1.41. The van der Waals surface area contributed by atoms with Gasteiger partial charge in [-0.3, -0.25) is 4.79 Å². The second-order valence-corrected chi connectivity index (χ2v) is 11.0. The molecule has 5 N–H and O–H groups in total. The Kier molecular flexibility index (Phi) is 14.1. The van der Waals surface area contributed by atoms with Crippen molar-refractivity contribution >= 4 is 5.97 Å². The Morgan fingerprint density at radius 1 is 1.00 bits per heavy atom. The molecule has 0 aromatic carbocycles. The lowest BCUT2D eigenvalue weighted by Gasteiger charge is -2.36. The summed E-state index contributed by atoms with van der Waals surface area (Å²) < 4.78 is 0. The van der Waals surface area contributed by atoms with Crippen molar-refractivity contribution in [3.8, 4) is 0 Å². The highest BCUT2D eigenvalue weighted by Crippen LogP contribution is 2.45. The number of aromatic nitrogens is 1. The maximum Gasteiger partial charge on any atom is 0.309 e. The van der Waals surface area contributed by atoms with E-state index in [0.717, 1.165) is 51.4 Å². The van der Waals surface area contributed by atoms with Crippen LogP contribution in [-0.4, -0.2) is 49.3 Å². The van der Waals surface area contributed by atoms with Crippen molar-refractivity contribution in [2.75, 3.05) is 0 Å². The fourth-order valence-corrected chi connectivity index (χ4v) is 5.84. The van der Waals surface area contributed by atoms with Gasteiger partial charge in [-0.1, -0.05) is 83.3 Å². The molecule has 1 aromatic rings. The Labute approximate surface area is 217 Å². The van der Waals surface area contributed by atoms with Crippen LogP contribution in [0, 0.1) is 11.8 Å². The van der Waals surface area contributed by atoms with Crippen molar-refractivity contribution in [2.24, 2.45) is 11.8 Å². The standard InChI is InChI=1S/C29H50NO6/c1-2-3-4-5-8-13-22(31)14-9-6-7-10-15-23(28(34)35)26(32)18-20-29(36)19-11-16-24(29)27(33)25-17-12-21-30-25/h12,17,21-24,26-27,31-33,36H,2-11,13-16,18-20H2,1H3,(H,34,35)/q-1/t22-,23-,24-,26+,27-,29-/m0/s1. The molecule has 0 bridgehead atoms. The molecule has 0 unspecified atom stereocenters. The zero-order valence-electron chi connectivity index (χ0n) is 22.2. The summed E-state index contributed by atoms with van der Waals surface area (Å²) in [6, 6.07) is 3.50. The number of aliphatic carboxylic acids is 1. The fraction of sp³-hybridized carbons (Fsp3) is 0.828. The van der Waals surface area contributed by atoms with E-state index in [2.05, 4.69) is 11.9 Å². The minimum Gasteiger partial charge on any atom is -0.665 e. The quantitative estimate of drug-likeness (QED) is 0.155. The van der Waals surface area contributed by atoms with Gasteiger partial charge in [0.15, 0.2) is 0 Å². The predicted octanol–water partition coefficient (Wildman–Crippen LogP) is 5.11. The van der Waals surface area contributed by atoms with E-state index in [1.807, 2.05) is 0 Å². The summed E-state index contributed by atoms with van der Waals surface area (Å²) in [7, 11) is 0. The smallest absolute Gasteiger partial charge is 0.309 e. The van der Waals surface area contributed by atoms with Gasteiger partial charge in [0.25, 0.3) is 0 Å². The average Bonchev–Trinajstić information content (AvgIpc) is 3.52. The number of carbonyl (C=O) groups is 1. The molecule has 7 nitrogen and oxygen atoms in total. The third kappa shape index (κ3) is 10.2. The lowest BCUT2D eigenvalue weighted by Crippen LogP contribution is -2.39. The van der Waals surface area contributed by atoms with Crippen LogP contribution >= 0.6 is 0 Å². The van der Waals surface area contributed by atoms with Crippen LogP contribution in [0.15, 0.2) is 18.3 Å². The van der Waals surface area contributed by atoms with E-state index in [-0.39, 0.29) is 24.9 Å². The molecule has 0 aliphatic heterocycles. The SMILES string of the molecule is CCCCCCC[C@H](O)CCCCCC[C@H](C(=O)O)[C@H](O)CC[C@@]1(O)CCC[C@H]1[C@H](O)c1ccc[n-]1. The Morgan fingerprint density at radius 2 is 1.64 bits per heavy atom. The molecule has 0 radical (unpaired) electrons. The monoisotopic (exact) mass is 508 g/mol. The van der Waals surface area contributed by atoms with Crippen LogP contribution in [0.2, 0.25) is 0 Å². The molecule has 1 fully saturated rings. The molecule has 1 heterocycles. The van der Waals surface area contributed by atoms with Gasteiger partial charge in [0.1, 0.15) is 0 Å². The van der Waals surface area contributed by atoms with Crippen LogP contribution in [-0.2, 0) is 4.79 Å². The Morgan fingerprint density at radius 3 is 2.22 bits per heavy atom. The minimum absolute atomic E-state index is 0.190. The normalized spacial score (nSPS) is 23.4. The maximum absolute atomic E-state index is 11.8. The lowest BCUT2D eigenvalue weighted by atomic mass is 9.80. The third-order valence-corrected chi connectivity index (χ3v) is 8.17. The van der Waals surface area contributed by atoms with Gasteiger partial charge in [-0.15, -0.1) is 5.69 Å². The summed E-state index contributed by atoms with van der Waals surface area (Å²) in [4.78, 5) is 16.0. The van der Waals surface area contributed by atoms with Crippen molar-refractivity contribution in [3.63, 3.8) is 0 Å². The van der Waals surface area contributed by atoms with Crippen molar-refractivity contribution in [1.82, 2.24) is 4.98 Å². The highest BCUT2D eigenvalue weighted by atomic mass is 16.4. The summed E-state index contributed by atoms with van der Waals surface area (Å²) in [6.45, 7) is 2.20. The van der Waals surface area contributed by atoms with Gasteiger partial charge >= 0.3 is 5.97 Å². The second kappa shape index (κ2) is 16.4. The summed E-state index contributed by atoms with van der Waals surface area (Å²) in [5.74, 6) is -2.23. The van der Waals surface area contributed by atoms with Gasteiger partial charge in [0, 0.05) is 5.92 Å². The molecule has 208 valence electrons. The maximum atomic E-state index is 11.8. The van der Waals surface area contributed by atoms with Crippen LogP contribution < -0.4 is 4.98 Å². The molecule has 1 aliphatic carbocycles. The van der Waals surface area contributed by atoms with Gasteiger partial charge in [0.05, 0.1) is 29.8 Å². The molecule has 0 amide bonds. The van der Waals surface area contributed by atoms with Crippen molar-refractivity contribution in [3.05, 3.63) is 24.0 Å². The molecular formula is C29H50NO6-. The molecule has 0 spiro atoms. The van der Waals surface area contributed by atoms with Gasteiger partial charge in [0.2, 0.25) is 0 Å². The molecule has 36 heavy (non-hydrogen) atoms. The largest absolute Gasteiger partial charge is 0.665 e. The van der Waals surface area contributed by atoms with Crippen LogP contribution in [0.3, 0.4) is 0 Å². The van der Waals surface area contributed by atoms with E-state index < -0.39 is 29.7 Å². The van der Waals surface area contributed by atoms with E-state index in [1.165, 1.54) is 25.7 Å². The first-order valence-electron chi connectivity index (χ1n) is 14.4. The number of unbranched alkanes of at least 4 members (excludes halogenated alkanes) is 7. The molecule has 1 aliphatic rings. The highest BCUT2D eigenvalue weighted by Gasteiger charge is 2.44. The molecule has 6 atom stereocenters. The van der Waals surface area contributed by atoms with Crippen molar-refractivity contribution in [2.45, 2.75) is 140 Å². The molecule has 7 heteroatoms. The average molecular weight is 509 g/mol. The Balaban J connectivity index is 1.67. The molecule has 1 saturated carbocycles. The first-order valence-corrected chi connectivity index (χ1v) is 14.4. The predicted molar refractivity (Wildman–Crippen MR) is 140 cm³/mol. The van der Waals surface area contributed by atoms with Crippen molar-refractivity contribution < 1.29 is 30.3 Å². The number of hydrogen-bond acceptors (Lipinski definition) is 5. The number of carboxylic acid groups (broad SMARTS) is 1. The number of aliphatic hydroxyl groups excluding tert-OH is 3. The Bertz CT molecular complexity index is 711. The topological polar surface area (TPSA) is 132 Å².